The van der Waals surface area contributed by atoms with Crippen LogP contribution in [0, 0.1) is 17.8 Å². The predicted molar refractivity (Wildman–Crippen MR) is 175 cm³/mol. The van der Waals surface area contributed by atoms with Gasteiger partial charge in [0.1, 0.15) is 55.4 Å². The Labute approximate surface area is 301 Å². The fraction of sp³-hybridized carbons (Fsp3) is 0.914. The van der Waals surface area contributed by atoms with Crippen LogP contribution in [0.4, 0.5) is 0 Å². The maximum atomic E-state index is 12.7. The Kier molecular flexibility index (Phi) is 13.6. The normalized spacial score (nSPS) is 50.4. The Balaban J connectivity index is 1.21. The highest BCUT2D eigenvalue weighted by atomic mass is 16.8. The molecule has 52 heavy (non-hydrogen) atoms. The molecule has 17 nitrogen and oxygen atoms in total. The monoisotopic (exact) mass is 749 g/mol. The molecule has 298 valence electrons. The molecule has 0 bridgehead atoms. The van der Waals surface area contributed by atoms with Gasteiger partial charge in [-0.15, -0.1) is 0 Å². The highest BCUT2D eigenvalue weighted by molar-refractivity contribution is 5.81. The van der Waals surface area contributed by atoms with E-state index in [0.717, 1.165) is 12.8 Å². The minimum absolute atomic E-state index is 0.106. The summed E-state index contributed by atoms with van der Waals surface area (Å²) in [6, 6.07) is 0. The molecule has 3 aliphatic carbocycles. The van der Waals surface area contributed by atoms with Crippen molar-refractivity contribution in [2.24, 2.45) is 17.8 Å². The zero-order valence-corrected chi connectivity index (χ0v) is 29.1. The maximum Gasteiger partial charge on any atom is 0.330 e. The van der Waals surface area contributed by atoms with Gasteiger partial charge in [0, 0.05) is 24.8 Å². The van der Waals surface area contributed by atoms with Crippen LogP contribution in [-0.4, -0.2) is 179 Å². The van der Waals surface area contributed by atoms with Crippen molar-refractivity contribution in [3.05, 3.63) is 12.2 Å². The molecule has 6 rings (SSSR count). The maximum absolute atomic E-state index is 12.7. The summed E-state index contributed by atoms with van der Waals surface area (Å²) in [5.41, 5.74) is 0. The zero-order chi connectivity index (χ0) is 37.3. The molecule has 0 radical (unpaired) electrons. The van der Waals surface area contributed by atoms with Crippen LogP contribution in [0.3, 0.4) is 0 Å². The van der Waals surface area contributed by atoms with Gasteiger partial charge in [-0.25, -0.2) is 4.79 Å². The van der Waals surface area contributed by atoms with E-state index in [-0.39, 0.29) is 37.2 Å². The highest BCUT2D eigenvalue weighted by Crippen LogP contribution is 2.42. The van der Waals surface area contributed by atoms with Crippen molar-refractivity contribution in [1.29, 1.82) is 0 Å². The number of aliphatic hydroxyl groups is 12. The van der Waals surface area contributed by atoms with E-state index in [9.17, 15) is 55.9 Å². The van der Waals surface area contributed by atoms with E-state index < -0.39 is 123 Å². The number of hydrogen-bond donors (Lipinski definition) is 10. The molecule has 0 aromatic heterocycles. The van der Waals surface area contributed by atoms with Crippen LogP contribution in [0.5, 0.6) is 0 Å². The van der Waals surface area contributed by atoms with Gasteiger partial charge in [-0.3, -0.25) is 0 Å². The number of carbonyl (C=O) groups excluding carboxylic acids is 1. The van der Waals surface area contributed by atoms with Gasteiger partial charge in [0.2, 0.25) is 0 Å². The predicted octanol–water partition coefficient (Wildman–Crippen LogP) is -3.38. The van der Waals surface area contributed by atoms with Crippen molar-refractivity contribution in [2.45, 2.75) is 168 Å². The van der Waals surface area contributed by atoms with E-state index >= 15 is 0 Å². The number of fused-ring (bicyclic) bond motifs is 1. The summed E-state index contributed by atoms with van der Waals surface area (Å²) in [6.45, 7) is -0.891. The molecular weight excluding hydrogens is 692 g/mol. The van der Waals surface area contributed by atoms with Gasteiger partial charge >= 0.3 is 5.97 Å². The number of hydrogen-bond acceptors (Lipinski definition) is 16. The van der Waals surface area contributed by atoms with Crippen LogP contribution < -0.4 is 0 Å². The van der Waals surface area contributed by atoms with Crippen molar-refractivity contribution in [1.82, 2.24) is 0 Å². The zero-order valence-electron chi connectivity index (χ0n) is 29.1. The second kappa shape index (κ2) is 17.6. The molecule has 17 heteroatoms. The van der Waals surface area contributed by atoms with E-state index in [0.29, 0.717) is 32.1 Å². The second-order valence-electron chi connectivity index (χ2n) is 15.6. The minimum atomic E-state index is -1.76. The van der Waals surface area contributed by atoms with E-state index in [1.165, 1.54) is 6.08 Å². The SMILES string of the molecule is O=C(C=CC1CCC(O)CC1)OC[C@H]1O[C@@H](OC2CC3C(O)CC(O)CC3[OH+]C2C2CCC(O)C(O)C2)[C@H](O[C@@H]2OC[C@@H](O)[C@H](O)[C@H]2O)[C@@H](O)[C@H]1O. The van der Waals surface area contributed by atoms with Gasteiger partial charge in [0.15, 0.2) is 24.8 Å². The average Bonchev–Trinajstić information content (AvgIpc) is 3.11. The molecule has 0 spiro atoms. The molecule has 3 saturated heterocycles. The van der Waals surface area contributed by atoms with Crippen LogP contribution in [0.1, 0.15) is 64.2 Å². The fourth-order valence-electron chi connectivity index (χ4n) is 8.75. The Hall–Kier alpha value is -1.39. The number of rotatable bonds is 9. The summed E-state index contributed by atoms with van der Waals surface area (Å²) in [6.07, 6.45) is -12.5. The topological polar surface area (TPSA) is 278 Å². The van der Waals surface area contributed by atoms with Gasteiger partial charge in [-0.2, -0.15) is 0 Å². The molecule has 0 amide bonds. The standard InChI is InChI=1S/C35H56O17/c36-17-5-1-15(2-6-17)3-8-27(42)47-14-26-29(44)30(45)33(52-34-31(46)28(43)23(41)13-48-34)35(51-26)50-25-12-19-21(39)10-18(37)11-24(19)49-32(25)16-4-7-20(38)22(40)9-16/h3,8,15-26,28-41,43-46H,1-2,4-7,9-14H2/p+1/t15?,16?,17?,18?,19?,20?,21?,22?,23-,24?,25?,26-,28+,29+,30+,31-,32?,33-,34+,35-/m1/s1. The van der Waals surface area contributed by atoms with Crippen molar-refractivity contribution >= 4 is 5.97 Å². The summed E-state index contributed by atoms with van der Waals surface area (Å²) in [5.74, 6) is -1.27. The number of carbonyl (C=O) groups is 1. The van der Waals surface area contributed by atoms with Crippen LogP contribution in [-0.2, 0) is 28.5 Å². The number of aliphatic hydroxyl groups excluding tert-OH is 10. The van der Waals surface area contributed by atoms with Gasteiger partial charge in [0.25, 0.3) is 0 Å². The third-order valence-electron chi connectivity index (χ3n) is 11.9. The molecule has 6 aliphatic rings. The van der Waals surface area contributed by atoms with Crippen molar-refractivity contribution in [3.63, 3.8) is 0 Å². The van der Waals surface area contributed by atoms with Crippen molar-refractivity contribution < 1.29 is 84.3 Å². The van der Waals surface area contributed by atoms with E-state index in [4.69, 9.17) is 28.4 Å². The lowest BCUT2D eigenvalue weighted by Gasteiger charge is -2.49. The molecule has 0 aromatic carbocycles. The fourth-order valence-corrected chi connectivity index (χ4v) is 8.75. The van der Waals surface area contributed by atoms with E-state index in [1.54, 1.807) is 6.08 Å². The molecule has 18 atom stereocenters. The van der Waals surface area contributed by atoms with Crippen LogP contribution >= 0.6 is 0 Å². The highest BCUT2D eigenvalue weighted by Gasteiger charge is 2.56. The third-order valence-corrected chi connectivity index (χ3v) is 11.9. The summed E-state index contributed by atoms with van der Waals surface area (Å²) in [7, 11) is 0. The third kappa shape index (κ3) is 9.34. The molecule has 0 aromatic rings. The second-order valence-corrected chi connectivity index (χ2v) is 15.6. The lowest BCUT2D eigenvalue weighted by atomic mass is 9.72. The molecule has 3 saturated carbocycles. The smallest absolute Gasteiger partial charge is 0.330 e. The van der Waals surface area contributed by atoms with Crippen LogP contribution in [0.15, 0.2) is 12.2 Å². The van der Waals surface area contributed by atoms with Crippen molar-refractivity contribution in [2.75, 3.05) is 13.2 Å². The Morgan fingerprint density at radius 2 is 1.44 bits per heavy atom. The first-order valence-electron chi connectivity index (χ1n) is 18.7. The molecule has 11 N–H and O–H groups in total. The van der Waals surface area contributed by atoms with Gasteiger partial charge < -0.3 is 79.5 Å². The summed E-state index contributed by atoms with van der Waals surface area (Å²) in [5, 5.41) is 105. The Bertz CT molecular complexity index is 1180. The van der Waals surface area contributed by atoms with E-state index in [1.807, 2.05) is 0 Å². The van der Waals surface area contributed by atoms with Crippen LogP contribution in [0.2, 0.25) is 0 Å². The molecule has 3 aliphatic heterocycles. The van der Waals surface area contributed by atoms with Crippen molar-refractivity contribution in [3.8, 4) is 0 Å². The lowest BCUT2D eigenvalue weighted by Crippen LogP contribution is -2.65. The average molecular weight is 750 g/mol. The van der Waals surface area contributed by atoms with Gasteiger partial charge in [-0.1, -0.05) is 6.08 Å². The molecular formula is C35H57O17+. The molecule has 3 heterocycles. The van der Waals surface area contributed by atoms with Gasteiger partial charge in [0.05, 0.1) is 43.0 Å². The number of ether oxygens (including phenoxy) is 6. The Morgan fingerprint density at radius 1 is 0.692 bits per heavy atom. The largest absolute Gasteiger partial charge is 0.460 e. The number of allylic oxidation sites excluding steroid dienone is 1. The lowest BCUT2D eigenvalue weighted by molar-refractivity contribution is -0.381. The summed E-state index contributed by atoms with van der Waals surface area (Å²) >= 11 is 0. The number of esters is 1. The summed E-state index contributed by atoms with van der Waals surface area (Å²) < 4.78 is 34.5. The summed E-state index contributed by atoms with van der Waals surface area (Å²) in [4.78, 5) is 12.7. The van der Waals surface area contributed by atoms with Gasteiger partial charge in [-0.05, 0) is 57.3 Å². The van der Waals surface area contributed by atoms with E-state index in [2.05, 4.69) is 0 Å². The Morgan fingerprint density at radius 3 is 2.17 bits per heavy atom. The quantitative estimate of drug-likeness (QED) is 0.0625. The first kappa shape index (κ1) is 40.3. The van der Waals surface area contributed by atoms with Crippen LogP contribution in [0.25, 0.3) is 0 Å². The molecule has 9 unspecified atom stereocenters. The first-order valence-corrected chi connectivity index (χ1v) is 18.7. The minimum Gasteiger partial charge on any atom is -0.460 e. The first-order chi connectivity index (χ1) is 24.8. The molecule has 6 fully saturated rings.